The standard InChI is InChI=1S/C23H19NS2/c25-23(26)24(15-17-8-2-1-3-9-17)16-22-20-12-6-4-10-18(20)14-19-11-5-7-13-21(19)22/h1-14H,15-16H2,(H,25,26). The molecular weight excluding hydrogens is 354 g/mol. The highest BCUT2D eigenvalue weighted by Gasteiger charge is 2.13. The van der Waals surface area contributed by atoms with Crippen LogP contribution < -0.4 is 0 Å². The van der Waals surface area contributed by atoms with Gasteiger partial charge in [-0.05, 0) is 38.7 Å². The molecule has 4 rings (SSSR count). The van der Waals surface area contributed by atoms with Crippen molar-refractivity contribution in [1.82, 2.24) is 4.90 Å². The third-order valence-electron chi connectivity index (χ3n) is 4.72. The Bertz CT molecular complexity index is 1020. The Balaban J connectivity index is 1.81. The average molecular weight is 374 g/mol. The predicted molar refractivity (Wildman–Crippen MR) is 119 cm³/mol. The molecule has 4 aromatic carbocycles. The summed E-state index contributed by atoms with van der Waals surface area (Å²) in [5, 5.41) is 5.06. The van der Waals surface area contributed by atoms with E-state index < -0.39 is 0 Å². The van der Waals surface area contributed by atoms with Crippen LogP contribution in [0.15, 0.2) is 84.9 Å². The van der Waals surface area contributed by atoms with Gasteiger partial charge in [-0.1, -0.05) is 91.1 Å². The van der Waals surface area contributed by atoms with Gasteiger partial charge in [-0.3, -0.25) is 0 Å². The van der Waals surface area contributed by atoms with E-state index in [9.17, 15) is 0 Å². The summed E-state index contributed by atoms with van der Waals surface area (Å²) in [7, 11) is 0. The quantitative estimate of drug-likeness (QED) is 0.257. The largest absolute Gasteiger partial charge is 0.349 e. The van der Waals surface area contributed by atoms with Crippen LogP contribution in [0.1, 0.15) is 11.1 Å². The van der Waals surface area contributed by atoms with Crippen molar-refractivity contribution >= 4 is 50.7 Å². The van der Waals surface area contributed by atoms with E-state index in [4.69, 9.17) is 12.2 Å². The van der Waals surface area contributed by atoms with Crippen molar-refractivity contribution < 1.29 is 0 Å². The summed E-state index contributed by atoms with van der Waals surface area (Å²) in [4.78, 5) is 2.15. The zero-order valence-corrected chi connectivity index (χ0v) is 16.0. The summed E-state index contributed by atoms with van der Waals surface area (Å²) in [5.41, 5.74) is 2.53. The third kappa shape index (κ3) is 3.46. The highest BCUT2D eigenvalue weighted by atomic mass is 32.1. The second-order valence-corrected chi connectivity index (χ2v) is 7.53. The van der Waals surface area contributed by atoms with Crippen molar-refractivity contribution in [1.29, 1.82) is 0 Å². The molecule has 128 valence electrons. The molecule has 0 saturated heterocycles. The van der Waals surface area contributed by atoms with Gasteiger partial charge < -0.3 is 4.90 Å². The third-order valence-corrected chi connectivity index (χ3v) is 5.26. The normalized spacial score (nSPS) is 11.0. The van der Waals surface area contributed by atoms with Crippen LogP contribution in [0.25, 0.3) is 21.5 Å². The average Bonchev–Trinajstić information content (AvgIpc) is 2.67. The molecule has 3 heteroatoms. The predicted octanol–water partition coefficient (Wildman–Crippen LogP) is 6.21. The van der Waals surface area contributed by atoms with Crippen LogP contribution in [0.3, 0.4) is 0 Å². The number of fused-ring (bicyclic) bond motifs is 2. The maximum Gasteiger partial charge on any atom is 0.133 e. The van der Waals surface area contributed by atoms with E-state index in [2.05, 4.69) is 96.4 Å². The highest BCUT2D eigenvalue weighted by Crippen LogP contribution is 2.30. The summed E-state index contributed by atoms with van der Waals surface area (Å²) >= 11 is 9.95. The van der Waals surface area contributed by atoms with E-state index in [1.54, 1.807) is 0 Å². The van der Waals surface area contributed by atoms with E-state index in [1.807, 2.05) is 6.07 Å². The lowest BCUT2D eigenvalue weighted by Crippen LogP contribution is -2.25. The van der Waals surface area contributed by atoms with E-state index in [0.29, 0.717) is 4.32 Å². The molecule has 0 aliphatic carbocycles. The van der Waals surface area contributed by atoms with Crippen LogP contribution in [0.4, 0.5) is 0 Å². The second kappa shape index (κ2) is 7.48. The molecular formula is C23H19NS2. The zero-order valence-electron chi connectivity index (χ0n) is 14.3. The van der Waals surface area contributed by atoms with E-state index in [1.165, 1.54) is 32.7 Å². The Morgan fingerprint density at radius 2 is 1.27 bits per heavy atom. The zero-order chi connectivity index (χ0) is 17.9. The first kappa shape index (κ1) is 17.1. The number of nitrogens with zero attached hydrogens (tertiary/aromatic N) is 1. The fourth-order valence-corrected chi connectivity index (χ4v) is 3.73. The van der Waals surface area contributed by atoms with Gasteiger partial charge in [-0.15, -0.1) is 12.6 Å². The smallest absolute Gasteiger partial charge is 0.133 e. The number of benzene rings is 4. The molecule has 4 aromatic rings. The fraction of sp³-hybridized carbons (Fsp3) is 0.0870. The minimum Gasteiger partial charge on any atom is -0.349 e. The van der Waals surface area contributed by atoms with Gasteiger partial charge in [-0.2, -0.15) is 0 Å². The van der Waals surface area contributed by atoms with E-state index >= 15 is 0 Å². The number of hydrogen-bond acceptors (Lipinski definition) is 1. The number of thiol groups is 1. The molecule has 0 aliphatic rings. The summed E-state index contributed by atoms with van der Waals surface area (Å²) in [5.74, 6) is 0. The van der Waals surface area contributed by atoms with Gasteiger partial charge in [0.2, 0.25) is 0 Å². The first-order chi connectivity index (χ1) is 12.7. The van der Waals surface area contributed by atoms with Gasteiger partial charge in [0.1, 0.15) is 4.32 Å². The number of rotatable bonds is 4. The van der Waals surface area contributed by atoms with E-state index in [0.717, 1.165) is 13.1 Å². The Labute approximate surface area is 164 Å². The molecule has 0 aliphatic heterocycles. The molecule has 0 N–H and O–H groups in total. The number of hydrogen-bond donors (Lipinski definition) is 1. The van der Waals surface area contributed by atoms with E-state index in [-0.39, 0.29) is 0 Å². The molecule has 0 unspecified atom stereocenters. The number of thiocarbonyl (C=S) groups is 1. The van der Waals surface area contributed by atoms with Crippen LogP contribution in [0.2, 0.25) is 0 Å². The Kier molecular flexibility index (Phi) is 4.91. The molecule has 0 saturated carbocycles. The maximum atomic E-state index is 5.45. The summed E-state index contributed by atoms with van der Waals surface area (Å²) in [6, 6.07) is 29.8. The van der Waals surface area contributed by atoms with Crippen LogP contribution in [-0.2, 0) is 13.1 Å². The van der Waals surface area contributed by atoms with Crippen LogP contribution >= 0.6 is 24.8 Å². The lowest BCUT2D eigenvalue weighted by molar-refractivity contribution is 0.425. The summed E-state index contributed by atoms with van der Waals surface area (Å²) in [6.45, 7) is 1.49. The lowest BCUT2D eigenvalue weighted by atomic mass is 9.96. The molecule has 0 bridgehead atoms. The van der Waals surface area contributed by atoms with Gasteiger partial charge in [0, 0.05) is 13.1 Å². The Morgan fingerprint density at radius 1 is 0.731 bits per heavy atom. The van der Waals surface area contributed by atoms with Crippen molar-refractivity contribution in [2.75, 3.05) is 0 Å². The van der Waals surface area contributed by atoms with Crippen LogP contribution in [0.5, 0.6) is 0 Å². The minimum atomic E-state index is 0.617. The van der Waals surface area contributed by atoms with Gasteiger partial charge in [0.15, 0.2) is 0 Å². The van der Waals surface area contributed by atoms with Gasteiger partial charge in [-0.25, -0.2) is 0 Å². The van der Waals surface area contributed by atoms with Crippen LogP contribution in [0, 0.1) is 0 Å². The molecule has 0 heterocycles. The van der Waals surface area contributed by atoms with Crippen molar-refractivity contribution in [2.24, 2.45) is 0 Å². The molecule has 0 aromatic heterocycles. The highest BCUT2D eigenvalue weighted by molar-refractivity contribution is 8.10. The first-order valence-electron chi connectivity index (χ1n) is 8.63. The van der Waals surface area contributed by atoms with Crippen molar-refractivity contribution in [3.8, 4) is 0 Å². The van der Waals surface area contributed by atoms with Gasteiger partial charge >= 0.3 is 0 Å². The van der Waals surface area contributed by atoms with Crippen LogP contribution in [-0.4, -0.2) is 9.22 Å². The van der Waals surface area contributed by atoms with Crippen molar-refractivity contribution in [3.05, 3.63) is 96.1 Å². The summed E-state index contributed by atoms with van der Waals surface area (Å²) in [6.07, 6.45) is 0. The molecule has 0 fully saturated rings. The molecule has 26 heavy (non-hydrogen) atoms. The first-order valence-corrected chi connectivity index (χ1v) is 9.49. The maximum absolute atomic E-state index is 5.45. The molecule has 0 radical (unpaired) electrons. The summed E-state index contributed by atoms with van der Waals surface area (Å²) < 4.78 is 0.617. The monoisotopic (exact) mass is 373 g/mol. The minimum absolute atomic E-state index is 0.617. The SMILES string of the molecule is S=C(S)N(Cc1ccccc1)Cc1c2ccccc2cc2ccccc12. The Hall–Kier alpha value is -2.36. The topological polar surface area (TPSA) is 3.24 Å². The van der Waals surface area contributed by atoms with Crippen molar-refractivity contribution in [3.63, 3.8) is 0 Å². The fourth-order valence-electron chi connectivity index (χ4n) is 3.46. The molecule has 0 spiro atoms. The van der Waals surface area contributed by atoms with Crippen molar-refractivity contribution in [2.45, 2.75) is 13.1 Å². The second-order valence-electron chi connectivity index (χ2n) is 6.42. The van der Waals surface area contributed by atoms with Gasteiger partial charge in [0.05, 0.1) is 0 Å². The molecule has 0 atom stereocenters. The molecule has 0 amide bonds. The molecule has 1 nitrogen and oxygen atoms in total. The Morgan fingerprint density at radius 3 is 1.85 bits per heavy atom. The lowest BCUT2D eigenvalue weighted by Gasteiger charge is -2.25. The van der Waals surface area contributed by atoms with Gasteiger partial charge in [0.25, 0.3) is 0 Å².